The first-order valence-electron chi connectivity index (χ1n) is 9.27. The molecule has 136 valence electrons. The Morgan fingerprint density at radius 3 is 2.44 bits per heavy atom. The van der Waals surface area contributed by atoms with Crippen molar-refractivity contribution in [2.45, 2.75) is 26.3 Å². The van der Waals surface area contributed by atoms with E-state index in [0.717, 1.165) is 31.6 Å². The number of aromatic nitrogens is 2. The van der Waals surface area contributed by atoms with Gasteiger partial charge in [0, 0.05) is 31.2 Å². The maximum Gasteiger partial charge on any atom is 0.258 e. The smallest absolute Gasteiger partial charge is 0.258 e. The van der Waals surface area contributed by atoms with Crippen LogP contribution >= 0.6 is 0 Å². The Hall–Kier alpha value is -3.21. The summed E-state index contributed by atoms with van der Waals surface area (Å²) in [5, 5.41) is 2.89. The van der Waals surface area contributed by atoms with Crippen molar-refractivity contribution in [3.63, 3.8) is 0 Å². The van der Waals surface area contributed by atoms with E-state index in [1.807, 2.05) is 24.3 Å². The van der Waals surface area contributed by atoms with Crippen LogP contribution in [0.5, 0.6) is 0 Å². The van der Waals surface area contributed by atoms with Crippen LogP contribution in [-0.4, -0.2) is 22.4 Å². The van der Waals surface area contributed by atoms with E-state index in [4.69, 9.17) is 0 Å². The van der Waals surface area contributed by atoms with Crippen LogP contribution in [0, 0.1) is 0 Å². The van der Waals surface area contributed by atoms with E-state index in [9.17, 15) is 4.79 Å². The minimum Gasteiger partial charge on any atom is -0.336 e. The van der Waals surface area contributed by atoms with Crippen molar-refractivity contribution < 1.29 is 4.79 Å². The fourth-order valence-electron chi connectivity index (χ4n) is 3.30. The molecule has 1 aliphatic rings. The highest BCUT2D eigenvalue weighted by Crippen LogP contribution is 2.21. The van der Waals surface area contributed by atoms with E-state index < -0.39 is 0 Å². The lowest BCUT2D eigenvalue weighted by molar-refractivity contribution is 0.102. The minimum atomic E-state index is -0.199. The van der Waals surface area contributed by atoms with Crippen LogP contribution in [0.1, 0.15) is 34.0 Å². The molecule has 5 heteroatoms. The summed E-state index contributed by atoms with van der Waals surface area (Å²) in [5.41, 5.74) is 5.16. The van der Waals surface area contributed by atoms with Crippen LogP contribution in [0.15, 0.2) is 60.9 Å². The van der Waals surface area contributed by atoms with E-state index in [1.54, 1.807) is 12.4 Å². The van der Waals surface area contributed by atoms with Gasteiger partial charge in [-0.15, -0.1) is 0 Å². The monoisotopic (exact) mass is 358 g/mol. The Kier molecular flexibility index (Phi) is 4.83. The average Bonchev–Trinajstić information content (AvgIpc) is 2.74. The van der Waals surface area contributed by atoms with E-state index in [0.29, 0.717) is 11.5 Å². The van der Waals surface area contributed by atoms with Gasteiger partial charge in [0.2, 0.25) is 5.95 Å². The largest absolute Gasteiger partial charge is 0.336 e. The third-order valence-electron chi connectivity index (χ3n) is 4.93. The van der Waals surface area contributed by atoms with Gasteiger partial charge in [-0.3, -0.25) is 4.79 Å². The van der Waals surface area contributed by atoms with E-state index in [2.05, 4.69) is 51.4 Å². The van der Waals surface area contributed by atoms with Crippen molar-refractivity contribution in [2.75, 3.05) is 16.8 Å². The third-order valence-corrected chi connectivity index (χ3v) is 4.93. The number of hydrogen-bond donors (Lipinski definition) is 1. The van der Waals surface area contributed by atoms with Crippen molar-refractivity contribution in [3.05, 3.63) is 83.2 Å². The predicted molar refractivity (Wildman–Crippen MR) is 107 cm³/mol. The Morgan fingerprint density at radius 1 is 1.04 bits per heavy atom. The zero-order chi connectivity index (χ0) is 18.6. The lowest BCUT2D eigenvalue weighted by atomic mass is 10.0. The van der Waals surface area contributed by atoms with Crippen molar-refractivity contribution in [3.8, 4) is 0 Å². The van der Waals surface area contributed by atoms with Gasteiger partial charge in [0.1, 0.15) is 0 Å². The molecule has 0 unspecified atom stereocenters. The van der Waals surface area contributed by atoms with E-state index in [-0.39, 0.29) is 5.91 Å². The standard InChI is InChI=1S/C22H22N4O/c1-2-16-7-9-20(10-8-16)25-21(27)19-13-23-22(24-14-19)26-12-11-17-5-3-4-6-18(17)15-26/h3-10,13-14H,2,11-12,15H2,1H3,(H,25,27). The zero-order valence-electron chi connectivity index (χ0n) is 15.4. The third kappa shape index (κ3) is 3.82. The van der Waals surface area contributed by atoms with Crippen LogP contribution < -0.4 is 10.2 Å². The van der Waals surface area contributed by atoms with Gasteiger partial charge in [-0.05, 0) is 41.7 Å². The van der Waals surface area contributed by atoms with Gasteiger partial charge in [0.15, 0.2) is 0 Å². The van der Waals surface area contributed by atoms with Crippen molar-refractivity contribution >= 4 is 17.5 Å². The fourth-order valence-corrected chi connectivity index (χ4v) is 3.30. The van der Waals surface area contributed by atoms with Crippen molar-refractivity contribution in [1.82, 2.24) is 9.97 Å². The number of carbonyl (C=O) groups excluding carboxylic acids is 1. The molecule has 1 aliphatic heterocycles. The van der Waals surface area contributed by atoms with Crippen LogP contribution in [0.3, 0.4) is 0 Å². The van der Waals surface area contributed by atoms with E-state index in [1.165, 1.54) is 16.7 Å². The van der Waals surface area contributed by atoms with Crippen LogP contribution in [0.4, 0.5) is 11.6 Å². The molecule has 1 N–H and O–H groups in total. The lowest BCUT2D eigenvalue weighted by Crippen LogP contribution is -2.31. The van der Waals surface area contributed by atoms with E-state index >= 15 is 0 Å². The summed E-state index contributed by atoms with van der Waals surface area (Å²) < 4.78 is 0. The van der Waals surface area contributed by atoms with Gasteiger partial charge in [-0.25, -0.2) is 9.97 Å². The molecule has 0 spiro atoms. The number of amides is 1. The number of hydrogen-bond acceptors (Lipinski definition) is 4. The summed E-state index contributed by atoms with van der Waals surface area (Å²) in [6.07, 6.45) is 5.15. The summed E-state index contributed by atoms with van der Waals surface area (Å²) in [6, 6.07) is 16.3. The van der Waals surface area contributed by atoms with Gasteiger partial charge < -0.3 is 10.2 Å². The molecule has 2 heterocycles. The Balaban J connectivity index is 1.43. The minimum absolute atomic E-state index is 0.199. The van der Waals surface area contributed by atoms with Crippen molar-refractivity contribution in [1.29, 1.82) is 0 Å². The highest BCUT2D eigenvalue weighted by Gasteiger charge is 2.18. The summed E-state index contributed by atoms with van der Waals surface area (Å²) in [7, 11) is 0. The second-order valence-electron chi connectivity index (χ2n) is 6.72. The molecular weight excluding hydrogens is 336 g/mol. The first-order chi connectivity index (χ1) is 13.2. The predicted octanol–water partition coefficient (Wildman–Crippen LogP) is 3.85. The van der Waals surface area contributed by atoms with Crippen LogP contribution in [-0.2, 0) is 19.4 Å². The highest BCUT2D eigenvalue weighted by atomic mass is 16.1. The average molecular weight is 358 g/mol. The van der Waals surface area contributed by atoms with Gasteiger partial charge in [-0.2, -0.15) is 0 Å². The summed E-state index contributed by atoms with van der Waals surface area (Å²) in [6.45, 7) is 3.78. The second kappa shape index (κ2) is 7.58. The normalized spacial score (nSPS) is 13.1. The number of nitrogens with one attached hydrogen (secondary N) is 1. The molecule has 2 aromatic carbocycles. The molecule has 4 rings (SSSR count). The molecule has 0 radical (unpaired) electrons. The second-order valence-corrected chi connectivity index (χ2v) is 6.72. The number of rotatable bonds is 4. The van der Waals surface area contributed by atoms with Crippen molar-refractivity contribution in [2.24, 2.45) is 0 Å². The van der Waals surface area contributed by atoms with Crippen LogP contribution in [0.2, 0.25) is 0 Å². The Bertz CT molecular complexity index is 935. The number of fused-ring (bicyclic) bond motifs is 1. The molecule has 1 aromatic heterocycles. The number of carbonyl (C=O) groups is 1. The number of aryl methyl sites for hydroxylation is 1. The van der Waals surface area contributed by atoms with Gasteiger partial charge in [-0.1, -0.05) is 43.3 Å². The molecule has 0 aliphatic carbocycles. The number of anilines is 2. The van der Waals surface area contributed by atoms with Gasteiger partial charge in [0.25, 0.3) is 5.91 Å². The first-order valence-corrected chi connectivity index (χ1v) is 9.27. The van der Waals surface area contributed by atoms with Gasteiger partial charge in [0.05, 0.1) is 5.56 Å². The lowest BCUT2D eigenvalue weighted by Gasteiger charge is -2.28. The summed E-state index contributed by atoms with van der Waals surface area (Å²) in [4.78, 5) is 23.4. The molecule has 0 saturated heterocycles. The first kappa shape index (κ1) is 17.2. The maximum absolute atomic E-state index is 12.4. The summed E-state index contributed by atoms with van der Waals surface area (Å²) in [5.74, 6) is 0.461. The molecular formula is C22H22N4O. The molecule has 0 atom stereocenters. The molecule has 3 aromatic rings. The van der Waals surface area contributed by atoms with Crippen LogP contribution in [0.25, 0.3) is 0 Å². The molecule has 0 bridgehead atoms. The quantitative estimate of drug-likeness (QED) is 0.769. The number of nitrogens with zero attached hydrogens (tertiary/aromatic N) is 3. The summed E-state index contributed by atoms with van der Waals surface area (Å²) >= 11 is 0. The highest BCUT2D eigenvalue weighted by molar-refractivity contribution is 6.03. The SMILES string of the molecule is CCc1ccc(NC(=O)c2cnc(N3CCc4ccccc4C3)nc2)cc1. The molecule has 0 fully saturated rings. The molecule has 5 nitrogen and oxygen atoms in total. The topological polar surface area (TPSA) is 58.1 Å². The Labute approximate surface area is 159 Å². The maximum atomic E-state index is 12.4. The Morgan fingerprint density at radius 2 is 1.74 bits per heavy atom. The molecule has 0 saturated carbocycles. The fraction of sp³-hybridized carbons (Fsp3) is 0.227. The number of benzene rings is 2. The molecule has 27 heavy (non-hydrogen) atoms. The zero-order valence-corrected chi connectivity index (χ0v) is 15.4. The molecule has 1 amide bonds. The van der Waals surface area contributed by atoms with Gasteiger partial charge >= 0.3 is 0 Å².